The molecule has 1 aliphatic heterocycles. The molecule has 1 heterocycles. The molecule has 1 fully saturated rings. The van der Waals surface area contributed by atoms with Crippen molar-refractivity contribution in [3.63, 3.8) is 0 Å². The van der Waals surface area contributed by atoms with Crippen molar-refractivity contribution in [1.29, 1.82) is 0 Å². The van der Waals surface area contributed by atoms with E-state index in [0.717, 1.165) is 18.4 Å². The van der Waals surface area contributed by atoms with Crippen LogP contribution in [0.25, 0.3) is 0 Å². The summed E-state index contributed by atoms with van der Waals surface area (Å²) in [4.78, 5) is 36.0. The van der Waals surface area contributed by atoms with E-state index in [0.29, 0.717) is 12.8 Å². The highest BCUT2D eigenvalue weighted by Crippen LogP contribution is 2.39. The van der Waals surface area contributed by atoms with E-state index in [1.54, 1.807) is 6.92 Å². The lowest BCUT2D eigenvalue weighted by atomic mass is 9.80. The van der Waals surface area contributed by atoms with Gasteiger partial charge >= 0.3 is 17.9 Å². The predicted octanol–water partition coefficient (Wildman–Crippen LogP) is 3.56. The molecule has 5 atom stereocenters. The molecule has 1 aliphatic carbocycles. The first-order chi connectivity index (χ1) is 14.4. The number of rotatable bonds is 2. The van der Waals surface area contributed by atoms with Gasteiger partial charge in [-0.15, -0.1) is 0 Å². The zero-order chi connectivity index (χ0) is 23.3. The molecule has 2 rings (SSSR count). The molecule has 0 saturated carbocycles. The van der Waals surface area contributed by atoms with E-state index in [1.807, 2.05) is 19.9 Å². The van der Waals surface area contributed by atoms with Gasteiger partial charge in [-0.05, 0) is 58.4 Å². The number of esters is 3. The second kappa shape index (κ2) is 10.3. The number of fused-ring (bicyclic) bond motifs is 1. The zero-order valence-corrected chi connectivity index (χ0v) is 19.1. The van der Waals surface area contributed by atoms with E-state index in [9.17, 15) is 19.5 Å². The first-order valence-corrected chi connectivity index (χ1v) is 10.7. The molecule has 0 bridgehead atoms. The lowest BCUT2D eigenvalue weighted by Crippen LogP contribution is -2.46. The quantitative estimate of drug-likeness (QED) is 0.307. The van der Waals surface area contributed by atoms with Crippen molar-refractivity contribution < 1.29 is 33.7 Å². The van der Waals surface area contributed by atoms with Crippen LogP contribution in [0.1, 0.15) is 66.7 Å². The van der Waals surface area contributed by atoms with Crippen LogP contribution in [0.2, 0.25) is 0 Å². The third-order valence-electron chi connectivity index (χ3n) is 6.01. The minimum atomic E-state index is -1.33. The molecule has 0 spiro atoms. The largest absolute Gasteiger partial charge is 0.459 e. The Kier molecular flexibility index (Phi) is 8.23. The number of ether oxygens (including phenoxy) is 3. The van der Waals surface area contributed by atoms with Gasteiger partial charge in [0.25, 0.3) is 0 Å². The maximum Gasteiger partial charge on any atom is 0.334 e. The maximum absolute atomic E-state index is 12.4. The summed E-state index contributed by atoms with van der Waals surface area (Å²) in [5.41, 5.74) is 0.827. The van der Waals surface area contributed by atoms with Gasteiger partial charge in [-0.25, -0.2) is 4.79 Å². The van der Waals surface area contributed by atoms with Crippen LogP contribution in [0.4, 0.5) is 0 Å². The molecule has 0 unspecified atom stereocenters. The molecule has 7 nitrogen and oxygen atoms in total. The van der Waals surface area contributed by atoms with Gasteiger partial charge in [0.1, 0.15) is 6.10 Å². The number of carbonyl (C=O) groups excluding carboxylic acids is 3. The zero-order valence-electron chi connectivity index (χ0n) is 19.1. The lowest BCUT2D eigenvalue weighted by Gasteiger charge is -2.35. The van der Waals surface area contributed by atoms with Crippen LogP contribution in [0, 0.1) is 5.92 Å². The Morgan fingerprint density at radius 2 is 1.81 bits per heavy atom. The fraction of sp³-hybridized carbons (Fsp3) is 0.625. The third kappa shape index (κ3) is 6.53. The third-order valence-corrected chi connectivity index (χ3v) is 6.01. The van der Waals surface area contributed by atoms with Gasteiger partial charge < -0.3 is 19.3 Å². The van der Waals surface area contributed by atoms with Gasteiger partial charge in [0.2, 0.25) is 0 Å². The topological polar surface area (TPSA) is 99.1 Å². The van der Waals surface area contributed by atoms with Crippen molar-refractivity contribution >= 4 is 17.9 Å². The summed E-state index contributed by atoms with van der Waals surface area (Å²) in [5, 5.41) is 11.2. The second-order valence-electron chi connectivity index (χ2n) is 8.80. The van der Waals surface area contributed by atoms with Crippen molar-refractivity contribution in [1.82, 2.24) is 0 Å². The first kappa shape index (κ1) is 24.9. The Hall–Kier alpha value is -2.41. The van der Waals surface area contributed by atoms with Crippen LogP contribution < -0.4 is 0 Å². The van der Waals surface area contributed by atoms with Gasteiger partial charge in [0.05, 0.1) is 5.60 Å². The number of allylic oxidation sites excluding steroid dienone is 3. The highest BCUT2D eigenvalue weighted by molar-refractivity contribution is 5.91. The van der Waals surface area contributed by atoms with Gasteiger partial charge in [-0.2, -0.15) is 0 Å². The van der Waals surface area contributed by atoms with E-state index in [-0.39, 0.29) is 12.0 Å². The average molecular weight is 435 g/mol. The van der Waals surface area contributed by atoms with E-state index in [2.05, 4.69) is 12.7 Å². The molecule has 172 valence electrons. The molecule has 2 aliphatic rings. The highest BCUT2D eigenvalue weighted by atomic mass is 16.6. The van der Waals surface area contributed by atoms with Crippen molar-refractivity contribution in [2.24, 2.45) is 5.92 Å². The Morgan fingerprint density at radius 3 is 2.42 bits per heavy atom. The molecule has 1 N–H and O–H groups in total. The number of hydrogen-bond acceptors (Lipinski definition) is 7. The fourth-order valence-electron chi connectivity index (χ4n) is 4.16. The van der Waals surface area contributed by atoms with Crippen LogP contribution in [-0.2, 0) is 28.6 Å². The van der Waals surface area contributed by atoms with Crippen molar-refractivity contribution in [3.05, 3.63) is 35.5 Å². The van der Waals surface area contributed by atoms with Gasteiger partial charge in [0.15, 0.2) is 12.2 Å². The van der Waals surface area contributed by atoms with E-state index in [4.69, 9.17) is 14.2 Å². The number of hydrogen-bond donors (Lipinski definition) is 1. The van der Waals surface area contributed by atoms with Crippen molar-refractivity contribution in [3.8, 4) is 0 Å². The average Bonchev–Trinajstić information content (AvgIpc) is 2.92. The van der Waals surface area contributed by atoms with Crippen LogP contribution in [0.15, 0.2) is 35.5 Å². The summed E-state index contributed by atoms with van der Waals surface area (Å²) in [6.45, 7) is 11.9. The Bertz CT molecular complexity index is 790. The highest BCUT2D eigenvalue weighted by Gasteiger charge is 2.48. The summed E-state index contributed by atoms with van der Waals surface area (Å²) in [6.07, 6.45) is 4.24. The molecule has 1 saturated heterocycles. The Labute approximate surface area is 184 Å². The second-order valence-corrected chi connectivity index (χ2v) is 8.80. The standard InChI is InChI=1S/C24H34O7/c1-14-9-7-11-15(2)21(30-18(5)26)22-19(16(3)23(27)31-22)13-20(29-17(4)25)24(6,28)12-8-10-14/h10-11,19-22,28H,3,7-9,12-13H2,1-2,4-6H3/b14-10+,15-11+/t19-,20+,21+,22-,24-/m1/s1. The molecule has 31 heavy (non-hydrogen) atoms. The summed E-state index contributed by atoms with van der Waals surface area (Å²) in [6, 6.07) is 0. The predicted molar refractivity (Wildman–Crippen MR) is 115 cm³/mol. The lowest BCUT2D eigenvalue weighted by molar-refractivity contribution is -0.167. The maximum atomic E-state index is 12.4. The molecule has 0 amide bonds. The Morgan fingerprint density at radius 1 is 1.16 bits per heavy atom. The minimum Gasteiger partial charge on any atom is -0.459 e. The minimum absolute atomic E-state index is 0.121. The normalized spacial score (nSPS) is 36.1. The van der Waals surface area contributed by atoms with E-state index < -0.39 is 47.7 Å². The molecule has 0 radical (unpaired) electrons. The van der Waals surface area contributed by atoms with Gasteiger partial charge in [0, 0.05) is 25.3 Å². The summed E-state index contributed by atoms with van der Waals surface area (Å²) < 4.78 is 16.6. The van der Waals surface area contributed by atoms with Gasteiger partial charge in [-0.3, -0.25) is 9.59 Å². The summed E-state index contributed by atoms with van der Waals surface area (Å²) in [7, 11) is 0. The van der Waals surface area contributed by atoms with Crippen molar-refractivity contribution in [2.75, 3.05) is 0 Å². The molecule has 0 aromatic rings. The van der Waals surface area contributed by atoms with Crippen LogP contribution in [0.5, 0.6) is 0 Å². The smallest absolute Gasteiger partial charge is 0.334 e. The number of carbonyl (C=O) groups is 3. The Balaban J connectivity index is 2.51. The number of aliphatic hydroxyl groups is 1. The monoisotopic (exact) mass is 434 g/mol. The van der Waals surface area contributed by atoms with Gasteiger partial charge in [-0.1, -0.05) is 24.3 Å². The SMILES string of the molecule is C=C1C(=O)O[C@@H]2[C@@H]1C[C@H](OC(C)=O)[C@](C)(O)CC/C=C(\C)CC/C=C(\C)[C@@H]2OC(C)=O. The molecule has 0 aromatic heterocycles. The first-order valence-electron chi connectivity index (χ1n) is 10.7. The fourth-order valence-corrected chi connectivity index (χ4v) is 4.16. The van der Waals surface area contributed by atoms with Crippen LogP contribution in [0.3, 0.4) is 0 Å². The molecular weight excluding hydrogens is 400 g/mol. The van der Waals surface area contributed by atoms with Crippen LogP contribution in [-0.4, -0.2) is 46.9 Å². The molecule has 7 heteroatoms. The molecule has 0 aromatic carbocycles. The summed E-state index contributed by atoms with van der Waals surface area (Å²) >= 11 is 0. The molecular formula is C24H34O7. The van der Waals surface area contributed by atoms with Crippen molar-refractivity contribution in [2.45, 2.75) is 90.6 Å². The van der Waals surface area contributed by atoms with E-state index in [1.165, 1.54) is 19.4 Å². The van der Waals surface area contributed by atoms with E-state index >= 15 is 0 Å². The van der Waals surface area contributed by atoms with Crippen LogP contribution >= 0.6 is 0 Å². The summed E-state index contributed by atoms with van der Waals surface area (Å²) in [5.74, 6) is -2.19.